The van der Waals surface area contributed by atoms with Crippen LogP contribution in [-0.4, -0.2) is 34.2 Å². The van der Waals surface area contributed by atoms with Crippen LogP contribution >= 0.6 is 27.7 Å². The van der Waals surface area contributed by atoms with Crippen molar-refractivity contribution in [1.82, 2.24) is 4.90 Å². The second kappa shape index (κ2) is 8.58. The van der Waals surface area contributed by atoms with Crippen LogP contribution < -0.4 is 5.32 Å². The molecule has 5 nitrogen and oxygen atoms in total. The number of amidine groups is 1. The highest BCUT2D eigenvalue weighted by molar-refractivity contribution is 9.10. The van der Waals surface area contributed by atoms with E-state index in [4.69, 9.17) is 0 Å². The van der Waals surface area contributed by atoms with Crippen LogP contribution in [0.25, 0.3) is 0 Å². The Hall–Kier alpha value is -2.33. The van der Waals surface area contributed by atoms with Crippen LogP contribution in [0.3, 0.4) is 0 Å². The molecule has 1 atom stereocenters. The van der Waals surface area contributed by atoms with Gasteiger partial charge in [-0.3, -0.25) is 14.5 Å². The lowest BCUT2D eigenvalue weighted by atomic mass is 10.2. The quantitative estimate of drug-likeness (QED) is 0.660. The molecular weight excluding hydrogens is 471 g/mol. The summed E-state index contributed by atoms with van der Waals surface area (Å²) in [4.78, 5) is 30.3. The number of carbonyl (C=O) groups is 2. The molecule has 2 aromatic carbocycles. The Balaban J connectivity index is 1.80. The lowest BCUT2D eigenvalue weighted by Crippen LogP contribution is -2.43. The summed E-state index contributed by atoms with van der Waals surface area (Å²) >= 11 is 4.34. The van der Waals surface area contributed by atoms with E-state index in [-0.39, 0.29) is 29.1 Å². The van der Waals surface area contributed by atoms with E-state index in [0.29, 0.717) is 5.69 Å². The number of anilines is 1. The van der Waals surface area contributed by atoms with E-state index in [2.05, 4.69) is 26.2 Å². The highest BCUT2D eigenvalue weighted by Crippen LogP contribution is 2.33. The van der Waals surface area contributed by atoms with E-state index in [1.165, 1.54) is 24.1 Å². The summed E-state index contributed by atoms with van der Waals surface area (Å²) < 4.78 is 39.6. The number of hydrogen-bond donors (Lipinski definition) is 1. The fourth-order valence-corrected chi connectivity index (χ4v) is 3.84. The third-order valence-electron chi connectivity index (χ3n) is 4.07. The maximum Gasteiger partial charge on any atom is 0.416 e. The van der Waals surface area contributed by atoms with Gasteiger partial charge in [0.2, 0.25) is 11.8 Å². The molecule has 1 aliphatic heterocycles. The first-order valence-electron chi connectivity index (χ1n) is 8.39. The van der Waals surface area contributed by atoms with Gasteiger partial charge in [-0.2, -0.15) is 13.2 Å². The summed E-state index contributed by atoms with van der Waals surface area (Å²) in [5.74, 6) is -0.721. The minimum absolute atomic E-state index is 0.0366. The minimum atomic E-state index is -4.50. The van der Waals surface area contributed by atoms with Crippen LogP contribution in [0, 0.1) is 0 Å². The molecule has 0 spiro atoms. The van der Waals surface area contributed by atoms with E-state index in [0.717, 1.165) is 28.4 Å². The van der Waals surface area contributed by atoms with Gasteiger partial charge >= 0.3 is 6.18 Å². The van der Waals surface area contributed by atoms with Gasteiger partial charge in [0.05, 0.1) is 11.3 Å². The Labute approximate surface area is 177 Å². The van der Waals surface area contributed by atoms with Crippen LogP contribution in [0.4, 0.5) is 24.5 Å². The van der Waals surface area contributed by atoms with Crippen molar-refractivity contribution in [3.05, 3.63) is 58.6 Å². The molecule has 0 aromatic heterocycles. The SMILES string of the molecule is CN1C(=O)CC(C(=O)Nc2ccc(Br)cc2)SC1=Nc1cccc(C(F)(F)F)c1. The Kier molecular flexibility index (Phi) is 6.33. The van der Waals surface area contributed by atoms with Crippen molar-refractivity contribution in [2.24, 2.45) is 4.99 Å². The summed E-state index contributed by atoms with van der Waals surface area (Å²) in [5.41, 5.74) is -0.212. The van der Waals surface area contributed by atoms with Crippen molar-refractivity contribution in [2.45, 2.75) is 17.8 Å². The van der Waals surface area contributed by atoms with Crippen LogP contribution in [0.5, 0.6) is 0 Å². The minimum Gasteiger partial charge on any atom is -0.325 e. The van der Waals surface area contributed by atoms with Crippen molar-refractivity contribution < 1.29 is 22.8 Å². The lowest BCUT2D eigenvalue weighted by Gasteiger charge is -2.28. The largest absolute Gasteiger partial charge is 0.416 e. The normalized spacial score (nSPS) is 18.8. The van der Waals surface area contributed by atoms with Crippen LogP contribution in [0.1, 0.15) is 12.0 Å². The average molecular weight is 486 g/mol. The monoisotopic (exact) mass is 485 g/mol. The van der Waals surface area contributed by atoms with Gasteiger partial charge in [-0.1, -0.05) is 33.8 Å². The van der Waals surface area contributed by atoms with Crippen LogP contribution in [0.15, 0.2) is 58.0 Å². The standard InChI is InChI=1S/C19H15BrF3N3O2S/c1-26-16(27)10-15(17(28)24-13-7-5-12(20)6-8-13)29-18(26)25-14-4-2-3-11(9-14)19(21,22)23/h2-9,15H,10H2,1H3,(H,24,28). The van der Waals surface area contributed by atoms with E-state index < -0.39 is 17.0 Å². The smallest absolute Gasteiger partial charge is 0.325 e. The molecule has 0 bridgehead atoms. The van der Waals surface area contributed by atoms with E-state index in [9.17, 15) is 22.8 Å². The number of amides is 2. The molecular formula is C19H15BrF3N3O2S. The van der Waals surface area contributed by atoms with Crippen LogP contribution in [0.2, 0.25) is 0 Å². The number of aliphatic imine (C=N–C) groups is 1. The highest BCUT2D eigenvalue weighted by atomic mass is 79.9. The third kappa shape index (κ3) is 5.39. The van der Waals surface area contributed by atoms with Crippen molar-refractivity contribution in [2.75, 3.05) is 12.4 Å². The van der Waals surface area contributed by atoms with Gasteiger partial charge in [-0.15, -0.1) is 0 Å². The number of nitrogens with zero attached hydrogens (tertiary/aromatic N) is 2. The molecule has 1 saturated heterocycles. The van der Waals surface area contributed by atoms with Gasteiger partial charge in [0.25, 0.3) is 0 Å². The Bertz CT molecular complexity index is 964. The van der Waals surface area contributed by atoms with E-state index >= 15 is 0 Å². The Morgan fingerprint density at radius 1 is 1.24 bits per heavy atom. The summed E-state index contributed by atoms with van der Waals surface area (Å²) in [6.07, 6.45) is -4.53. The number of thioether (sulfide) groups is 1. The van der Waals surface area contributed by atoms with Gasteiger partial charge < -0.3 is 5.32 Å². The summed E-state index contributed by atoms with van der Waals surface area (Å²) in [6.45, 7) is 0. The maximum atomic E-state index is 12.9. The number of hydrogen-bond acceptors (Lipinski definition) is 4. The molecule has 1 aliphatic rings. The molecule has 2 amide bonds. The topological polar surface area (TPSA) is 61.8 Å². The molecule has 2 aromatic rings. The molecule has 0 saturated carbocycles. The maximum absolute atomic E-state index is 12.9. The average Bonchev–Trinajstić information content (AvgIpc) is 2.66. The molecule has 1 fully saturated rings. The van der Waals surface area contributed by atoms with Gasteiger partial charge in [0.15, 0.2) is 5.17 Å². The van der Waals surface area contributed by atoms with Crippen molar-refractivity contribution in [1.29, 1.82) is 0 Å². The second-order valence-electron chi connectivity index (χ2n) is 6.20. The van der Waals surface area contributed by atoms with Gasteiger partial charge in [-0.25, -0.2) is 4.99 Å². The fourth-order valence-electron chi connectivity index (χ4n) is 2.52. The van der Waals surface area contributed by atoms with Crippen molar-refractivity contribution in [3.63, 3.8) is 0 Å². The Morgan fingerprint density at radius 2 is 1.93 bits per heavy atom. The molecule has 10 heteroatoms. The number of rotatable bonds is 3. The summed E-state index contributed by atoms with van der Waals surface area (Å²) in [5, 5.41) is 2.15. The first-order chi connectivity index (χ1) is 13.6. The lowest BCUT2D eigenvalue weighted by molar-refractivity contribution is -0.137. The molecule has 29 heavy (non-hydrogen) atoms. The summed E-state index contributed by atoms with van der Waals surface area (Å²) in [6, 6.07) is 11.5. The Morgan fingerprint density at radius 3 is 2.59 bits per heavy atom. The fraction of sp³-hybridized carbons (Fsp3) is 0.211. The zero-order valence-electron chi connectivity index (χ0n) is 15.0. The number of benzene rings is 2. The molecule has 1 unspecified atom stereocenters. The number of nitrogens with one attached hydrogen (secondary N) is 1. The van der Waals surface area contributed by atoms with Crippen LogP contribution in [-0.2, 0) is 15.8 Å². The van der Waals surface area contributed by atoms with Crippen molar-refractivity contribution >= 4 is 56.0 Å². The van der Waals surface area contributed by atoms with E-state index in [1.54, 1.807) is 24.3 Å². The van der Waals surface area contributed by atoms with Crippen molar-refractivity contribution in [3.8, 4) is 0 Å². The molecule has 1 heterocycles. The number of alkyl halides is 3. The third-order valence-corrected chi connectivity index (χ3v) is 5.84. The molecule has 0 aliphatic carbocycles. The van der Waals surface area contributed by atoms with Gasteiger partial charge in [0.1, 0.15) is 5.25 Å². The predicted molar refractivity (Wildman–Crippen MR) is 110 cm³/mol. The summed E-state index contributed by atoms with van der Waals surface area (Å²) in [7, 11) is 1.48. The predicted octanol–water partition coefficient (Wildman–Crippen LogP) is 5.06. The van der Waals surface area contributed by atoms with E-state index in [1.807, 2.05) is 0 Å². The van der Waals surface area contributed by atoms with Gasteiger partial charge in [-0.05, 0) is 42.5 Å². The molecule has 0 radical (unpaired) electrons. The zero-order chi connectivity index (χ0) is 21.2. The zero-order valence-corrected chi connectivity index (χ0v) is 17.4. The number of halogens is 4. The van der Waals surface area contributed by atoms with Gasteiger partial charge in [0, 0.05) is 23.6 Å². The molecule has 3 rings (SSSR count). The molecule has 152 valence electrons. The molecule has 1 N–H and O–H groups in total. The first kappa shape index (κ1) is 21.4. The first-order valence-corrected chi connectivity index (χ1v) is 10.1. The number of carbonyl (C=O) groups excluding carboxylic acids is 2. The highest BCUT2D eigenvalue weighted by Gasteiger charge is 2.34. The second-order valence-corrected chi connectivity index (χ2v) is 8.29.